The Labute approximate surface area is 189 Å². The van der Waals surface area contributed by atoms with Crippen LogP contribution in [0.5, 0.6) is 0 Å². The second kappa shape index (κ2) is 8.79. The number of aromatic nitrogens is 3. The summed E-state index contributed by atoms with van der Waals surface area (Å²) in [7, 11) is 6.19. The van der Waals surface area contributed by atoms with Crippen LogP contribution in [0.4, 0.5) is 11.8 Å². The molecule has 0 aliphatic heterocycles. The maximum atomic E-state index is 4.83. The van der Waals surface area contributed by atoms with Crippen molar-refractivity contribution in [1.82, 2.24) is 19.9 Å². The molecule has 4 aromatic rings. The Bertz CT molecular complexity index is 1230. The first-order valence-electron chi connectivity index (χ1n) is 11.6. The molecule has 0 amide bonds. The normalized spacial score (nSPS) is 18.8. The van der Waals surface area contributed by atoms with E-state index in [1.807, 2.05) is 26.2 Å². The summed E-state index contributed by atoms with van der Waals surface area (Å²) in [4.78, 5) is 11.7. The predicted octanol–water partition coefficient (Wildman–Crippen LogP) is 4.70. The van der Waals surface area contributed by atoms with Crippen LogP contribution in [-0.4, -0.2) is 40.7 Å². The monoisotopic (exact) mass is 428 g/mol. The molecule has 1 aliphatic carbocycles. The van der Waals surface area contributed by atoms with E-state index in [1.165, 1.54) is 29.3 Å². The largest absolute Gasteiger partial charge is 0.362 e. The highest BCUT2D eigenvalue weighted by Gasteiger charge is 2.23. The molecule has 5 rings (SSSR count). The Balaban J connectivity index is 1.27. The lowest BCUT2D eigenvalue weighted by Crippen LogP contribution is -2.38. The number of hydrogen-bond acceptors (Lipinski definition) is 5. The third kappa shape index (κ3) is 4.15. The van der Waals surface area contributed by atoms with Crippen LogP contribution < -0.4 is 15.5 Å². The van der Waals surface area contributed by atoms with Gasteiger partial charge in [-0.15, -0.1) is 0 Å². The van der Waals surface area contributed by atoms with Gasteiger partial charge in [0.25, 0.3) is 0 Å². The molecule has 1 fully saturated rings. The van der Waals surface area contributed by atoms with Crippen LogP contribution >= 0.6 is 0 Å². The fourth-order valence-electron chi connectivity index (χ4n) is 4.97. The van der Waals surface area contributed by atoms with Crippen molar-refractivity contribution in [2.45, 2.75) is 44.3 Å². The van der Waals surface area contributed by atoms with Gasteiger partial charge in [-0.1, -0.05) is 30.3 Å². The van der Waals surface area contributed by atoms with Crippen molar-refractivity contribution >= 4 is 33.6 Å². The van der Waals surface area contributed by atoms with Gasteiger partial charge in [0, 0.05) is 62.3 Å². The van der Waals surface area contributed by atoms with Crippen molar-refractivity contribution in [1.29, 1.82) is 0 Å². The van der Waals surface area contributed by atoms with Crippen LogP contribution in [0, 0.1) is 0 Å². The fraction of sp³-hybridized carbons (Fsp3) is 0.385. The smallest absolute Gasteiger partial charge is 0.225 e. The molecular weight excluding hydrogens is 396 g/mol. The second-order valence-corrected chi connectivity index (χ2v) is 9.15. The van der Waals surface area contributed by atoms with Crippen molar-refractivity contribution in [3.05, 3.63) is 60.3 Å². The summed E-state index contributed by atoms with van der Waals surface area (Å²) in [5.41, 5.74) is 3.64. The van der Waals surface area contributed by atoms with Gasteiger partial charge in [0.2, 0.25) is 5.95 Å². The Morgan fingerprint density at radius 1 is 0.969 bits per heavy atom. The number of aryl methyl sites for hydroxylation is 1. The molecule has 0 bridgehead atoms. The van der Waals surface area contributed by atoms with Crippen molar-refractivity contribution in [2.24, 2.45) is 7.05 Å². The number of fused-ring (bicyclic) bond motifs is 2. The molecule has 2 N–H and O–H groups in total. The molecule has 2 heterocycles. The molecule has 166 valence electrons. The zero-order valence-electron chi connectivity index (χ0n) is 19.2. The molecule has 0 saturated heterocycles. The second-order valence-electron chi connectivity index (χ2n) is 9.15. The minimum absolute atomic E-state index is 0.380. The van der Waals surface area contributed by atoms with Crippen LogP contribution in [0.2, 0.25) is 0 Å². The van der Waals surface area contributed by atoms with Crippen LogP contribution in [0.25, 0.3) is 21.8 Å². The Kier molecular flexibility index (Phi) is 5.70. The number of nitrogens with one attached hydrogen (secondary N) is 2. The van der Waals surface area contributed by atoms with Crippen LogP contribution in [0.15, 0.2) is 54.7 Å². The number of rotatable bonds is 6. The minimum Gasteiger partial charge on any atom is -0.362 e. The van der Waals surface area contributed by atoms with E-state index < -0.39 is 0 Å². The van der Waals surface area contributed by atoms with Crippen molar-refractivity contribution in [3.8, 4) is 0 Å². The summed E-state index contributed by atoms with van der Waals surface area (Å²) in [5.74, 6) is 1.69. The van der Waals surface area contributed by atoms with E-state index in [4.69, 9.17) is 9.97 Å². The van der Waals surface area contributed by atoms with E-state index in [-0.39, 0.29) is 0 Å². The highest BCUT2D eigenvalue weighted by molar-refractivity contribution is 5.90. The maximum Gasteiger partial charge on any atom is 0.225 e. The van der Waals surface area contributed by atoms with E-state index in [0.29, 0.717) is 12.1 Å². The highest BCUT2D eigenvalue weighted by Crippen LogP contribution is 2.27. The van der Waals surface area contributed by atoms with E-state index in [2.05, 4.69) is 69.7 Å². The molecule has 2 aromatic carbocycles. The molecule has 1 saturated carbocycles. The van der Waals surface area contributed by atoms with Gasteiger partial charge < -0.3 is 20.1 Å². The zero-order chi connectivity index (χ0) is 22.1. The maximum absolute atomic E-state index is 4.83. The molecule has 1 aliphatic rings. The van der Waals surface area contributed by atoms with E-state index in [1.54, 1.807) is 0 Å². The number of anilines is 2. The molecule has 0 unspecified atom stereocenters. The topological polar surface area (TPSA) is 58.0 Å². The van der Waals surface area contributed by atoms with Gasteiger partial charge in [0.15, 0.2) is 0 Å². The first-order valence-corrected chi connectivity index (χ1v) is 11.6. The summed E-state index contributed by atoms with van der Waals surface area (Å²) in [6.45, 7) is 0.899. The summed E-state index contributed by atoms with van der Waals surface area (Å²) in [6, 6.07) is 17.7. The standard InChI is InChI=1S/C26H32N6/c1-31(2)25-22-12-4-6-13-23(22)29-26(30-25)28-20-10-8-9-19(15-20)27-16-18-17-32(3)24-14-7-5-11-21(18)24/h4-7,11-14,17,19-20,27H,8-10,15-16H2,1-3H3,(H,28,29,30)/t19-,20-/m0/s1. The lowest BCUT2D eigenvalue weighted by molar-refractivity contribution is 0.350. The van der Waals surface area contributed by atoms with E-state index in [0.717, 1.165) is 42.1 Å². The molecule has 2 aromatic heterocycles. The quantitative estimate of drug-likeness (QED) is 0.466. The van der Waals surface area contributed by atoms with Gasteiger partial charge in [0.05, 0.1) is 5.52 Å². The summed E-state index contributed by atoms with van der Waals surface area (Å²) in [6.07, 6.45) is 6.91. The van der Waals surface area contributed by atoms with Crippen LogP contribution in [0.1, 0.15) is 31.2 Å². The van der Waals surface area contributed by atoms with Crippen molar-refractivity contribution in [3.63, 3.8) is 0 Å². The number of para-hydroxylation sites is 2. The molecule has 32 heavy (non-hydrogen) atoms. The van der Waals surface area contributed by atoms with Crippen molar-refractivity contribution in [2.75, 3.05) is 24.3 Å². The SMILES string of the molecule is CN(C)c1nc(N[C@H]2CCC[C@H](NCc3cn(C)c4ccccc34)C2)nc2ccccc12. The Morgan fingerprint density at radius 2 is 1.72 bits per heavy atom. The zero-order valence-corrected chi connectivity index (χ0v) is 19.2. The van der Waals surface area contributed by atoms with E-state index in [9.17, 15) is 0 Å². The van der Waals surface area contributed by atoms with Gasteiger partial charge in [-0.2, -0.15) is 4.98 Å². The first kappa shape index (κ1) is 20.8. The minimum atomic E-state index is 0.380. The molecule has 2 atom stereocenters. The summed E-state index contributed by atoms with van der Waals surface area (Å²) < 4.78 is 2.22. The number of hydrogen-bond donors (Lipinski definition) is 2. The van der Waals surface area contributed by atoms with E-state index >= 15 is 0 Å². The third-order valence-electron chi connectivity index (χ3n) is 6.57. The number of benzene rings is 2. The van der Waals surface area contributed by atoms with Crippen LogP contribution in [-0.2, 0) is 13.6 Å². The molecule has 6 nitrogen and oxygen atoms in total. The van der Waals surface area contributed by atoms with Gasteiger partial charge in [0.1, 0.15) is 5.82 Å². The highest BCUT2D eigenvalue weighted by atomic mass is 15.2. The summed E-state index contributed by atoms with van der Waals surface area (Å²) in [5, 5.41) is 9.88. The van der Waals surface area contributed by atoms with Gasteiger partial charge >= 0.3 is 0 Å². The van der Waals surface area contributed by atoms with Gasteiger partial charge in [-0.25, -0.2) is 4.98 Å². The van der Waals surface area contributed by atoms with Gasteiger partial charge in [-0.3, -0.25) is 0 Å². The van der Waals surface area contributed by atoms with Crippen LogP contribution in [0.3, 0.4) is 0 Å². The summed E-state index contributed by atoms with van der Waals surface area (Å²) >= 11 is 0. The lowest BCUT2D eigenvalue weighted by Gasteiger charge is -2.30. The fourth-order valence-corrected chi connectivity index (χ4v) is 4.97. The molecular formula is C26H32N6. The Hall–Kier alpha value is -3.12. The average Bonchev–Trinajstić information content (AvgIpc) is 3.13. The molecule has 6 heteroatoms. The molecule has 0 spiro atoms. The first-order chi connectivity index (χ1) is 15.6. The molecule has 0 radical (unpaired) electrons. The Morgan fingerprint density at radius 3 is 2.56 bits per heavy atom. The lowest BCUT2D eigenvalue weighted by atomic mass is 9.91. The van der Waals surface area contributed by atoms with Crippen molar-refractivity contribution < 1.29 is 0 Å². The number of nitrogens with zero attached hydrogens (tertiary/aromatic N) is 4. The average molecular weight is 429 g/mol. The van der Waals surface area contributed by atoms with Gasteiger partial charge in [-0.05, 0) is 49.4 Å². The predicted molar refractivity (Wildman–Crippen MR) is 133 cm³/mol. The third-order valence-corrected chi connectivity index (χ3v) is 6.57.